The fourth-order valence-corrected chi connectivity index (χ4v) is 1.94. The molecule has 0 saturated heterocycles. The summed E-state index contributed by atoms with van der Waals surface area (Å²) in [4.78, 5) is 11.9. The van der Waals surface area contributed by atoms with Crippen LogP contribution in [0.2, 0.25) is 0 Å². The Kier molecular flexibility index (Phi) is 3.20. The first-order chi connectivity index (χ1) is 7.66. The van der Waals surface area contributed by atoms with E-state index in [2.05, 4.69) is 18.0 Å². The van der Waals surface area contributed by atoms with Crippen LogP contribution in [-0.2, 0) is 13.1 Å². The van der Waals surface area contributed by atoms with Gasteiger partial charge >= 0.3 is 0 Å². The summed E-state index contributed by atoms with van der Waals surface area (Å²) >= 11 is 0. The molecule has 2 nitrogen and oxygen atoms in total. The summed E-state index contributed by atoms with van der Waals surface area (Å²) in [7, 11) is 0. The van der Waals surface area contributed by atoms with Crippen molar-refractivity contribution < 1.29 is 4.79 Å². The zero-order valence-electron chi connectivity index (χ0n) is 9.68. The standard InChI is InChI=1S/C14H17NO/c1-10(2)3-6-14(16)11-4-5-12-8-15-9-13(12)7-11/h4-5,7,15H,1,3,6,8-9H2,2H3. The lowest BCUT2D eigenvalue weighted by atomic mass is 10.0. The summed E-state index contributed by atoms with van der Waals surface area (Å²) in [5, 5.41) is 3.28. The molecule has 0 unspecified atom stereocenters. The van der Waals surface area contributed by atoms with E-state index in [1.807, 2.05) is 19.1 Å². The molecule has 0 spiro atoms. The topological polar surface area (TPSA) is 29.1 Å². The first kappa shape index (κ1) is 11.1. The van der Waals surface area contributed by atoms with Gasteiger partial charge in [-0.05, 0) is 30.5 Å². The molecular weight excluding hydrogens is 198 g/mol. The molecule has 84 valence electrons. The quantitative estimate of drug-likeness (QED) is 0.618. The largest absolute Gasteiger partial charge is 0.309 e. The highest BCUT2D eigenvalue weighted by atomic mass is 16.1. The van der Waals surface area contributed by atoms with Gasteiger partial charge in [0.05, 0.1) is 0 Å². The highest BCUT2D eigenvalue weighted by molar-refractivity contribution is 5.96. The van der Waals surface area contributed by atoms with E-state index in [1.54, 1.807) is 0 Å². The van der Waals surface area contributed by atoms with E-state index in [9.17, 15) is 4.79 Å². The van der Waals surface area contributed by atoms with Crippen molar-refractivity contribution in [3.05, 3.63) is 47.0 Å². The normalized spacial score (nSPS) is 13.6. The number of carbonyl (C=O) groups excluding carboxylic acids is 1. The van der Waals surface area contributed by atoms with Crippen LogP contribution in [0.5, 0.6) is 0 Å². The number of benzene rings is 1. The molecule has 1 aromatic rings. The molecule has 0 bridgehead atoms. The highest BCUT2D eigenvalue weighted by Gasteiger charge is 2.13. The van der Waals surface area contributed by atoms with Crippen LogP contribution in [0.25, 0.3) is 0 Å². The Morgan fingerprint density at radius 1 is 1.31 bits per heavy atom. The van der Waals surface area contributed by atoms with Crippen molar-refractivity contribution in [1.29, 1.82) is 0 Å². The number of hydrogen-bond acceptors (Lipinski definition) is 2. The van der Waals surface area contributed by atoms with Gasteiger partial charge in [-0.2, -0.15) is 0 Å². The van der Waals surface area contributed by atoms with Crippen molar-refractivity contribution in [1.82, 2.24) is 5.32 Å². The molecule has 1 N–H and O–H groups in total. The fourth-order valence-electron chi connectivity index (χ4n) is 1.94. The van der Waals surface area contributed by atoms with E-state index in [0.29, 0.717) is 6.42 Å². The van der Waals surface area contributed by atoms with Crippen molar-refractivity contribution in [2.24, 2.45) is 0 Å². The van der Waals surface area contributed by atoms with E-state index in [-0.39, 0.29) is 5.78 Å². The van der Waals surface area contributed by atoms with Gasteiger partial charge in [-0.25, -0.2) is 0 Å². The molecule has 16 heavy (non-hydrogen) atoms. The number of allylic oxidation sites excluding steroid dienone is 1. The van der Waals surface area contributed by atoms with Crippen LogP contribution in [0.3, 0.4) is 0 Å². The lowest BCUT2D eigenvalue weighted by Crippen LogP contribution is -2.01. The van der Waals surface area contributed by atoms with Gasteiger partial charge in [-0.3, -0.25) is 4.79 Å². The van der Waals surface area contributed by atoms with Crippen molar-refractivity contribution >= 4 is 5.78 Å². The Hall–Kier alpha value is -1.41. The van der Waals surface area contributed by atoms with Gasteiger partial charge in [-0.15, -0.1) is 6.58 Å². The molecule has 0 aromatic heterocycles. The molecule has 0 fully saturated rings. The fraction of sp³-hybridized carbons (Fsp3) is 0.357. The second kappa shape index (κ2) is 4.62. The first-order valence-electron chi connectivity index (χ1n) is 5.67. The average Bonchev–Trinajstić information content (AvgIpc) is 2.72. The van der Waals surface area contributed by atoms with E-state index < -0.39 is 0 Å². The molecule has 1 aliphatic rings. The highest BCUT2D eigenvalue weighted by Crippen LogP contribution is 2.18. The average molecular weight is 215 g/mol. The lowest BCUT2D eigenvalue weighted by Gasteiger charge is -2.03. The molecule has 2 rings (SSSR count). The summed E-state index contributed by atoms with van der Waals surface area (Å²) in [6.45, 7) is 7.59. The number of Topliss-reactive ketones (excluding diaryl/α,β-unsaturated/α-hetero) is 1. The van der Waals surface area contributed by atoms with Gasteiger partial charge in [0.1, 0.15) is 0 Å². The predicted molar refractivity (Wildman–Crippen MR) is 65.4 cm³/mol. The van der Waals surface area contributed by atoms with Crippen LogP contribution < -0.4 is 5.32 Å². The Balaban J connectivity index is 2.09. The van der Waals surface area contributed by atoms with Gasteiger partial charge in [0, 0.05) is 25.1 Å². The number of rotatable bonds is 4. The third kappa shape index (κ3) is 2.39. The van der Waals surface area contributed by atoms with E-state index in [0.717, 1.165) is 30.6 Å². The van der Waals surface area contributed by atoms with Crippen LogP contribution in [0.15, 0.2) is 30.4 Å². The van der Waals surface area contributed by atoms with Crippen LogP contribution in [0, 0.1) is 0 Å². The summed E-state index contributed by atoms with van der Waals surface area (Å²) in [5.74, 6) is 0.220. The lowest BCUT2D eigenvalue weighted by molar-refractivity contribution is 0.0982. The van der Waals surface area contributed by atoms with E-state index in [1.165, 1.54) is 11.1 Å². The minimum Gasteiger partial charge on any atom is -0.309 e. The number of ketones is 1. The summed E-state index contributed by atoms with van der Waals surface area (Å²) in [6, 6.07) is 6.02. The molecule has 0 radical (unpaired) electrons. The molecule has 1 heterocycles. The number of carbonyl (C=O) groups is 1. The monoisotopic (exact) mass is 215 g/mol. The third-order valence-corrected chi connectivity index (χ3v) is 2.94. The number of nitrogens with one attached hydrogen (secondary N) is 1. The molecule has 2 heteroatoms. The van der Waals surface area contributed by atoms with Crippen LogP contribution >= 0.6 is 0 Å². The van der Waals surface area contributed by atoms with Gasteiger partial charge in [0.25, 0.3) is 0 Å². The van der Waals surface area contributed by atoms with Crippen LogP contribution in [0.1, 0.15) is 41.3 Å². The Labute approximate surface area is 96.4 Å². The molecule has 1 aliphatic heterocycles. The third-order valence-electron chi connectivity index (χ3n) is 2.94. The predicted octanol–water partition coefficient (Wildman–Crippen LogP) is 2.83. The van der Waals surface area contributed by atoms with Gasteiger partial charge < -0.3 is 5.32 Å². The Bertz CT molecular complexity index is 434. The summed E-state index contributed by atoms with van der Waals surface area (Å²) in [5.41, 5.74) is 4.48. The second-order valence-electron chi connectivity index (χ2n) is 4.47. The van der Waals surface area contributed by atoms with Gasteiger partial charge in [0.15, 0.2) is 5.78 Å². The van der Waals surface area contributed by atoms with E-state index in [4.69, 9.17) is 0 Å². The number of hydrogen-bond donors (Lipinski definition) is 1. The second-order valence-corrected chi connectivity index (χ2v) is 4.47. The Morgan fingerprint density at radius 3 is 2.81 bits per heavy atom. The minimum absolute atomic E-state index is 0.220. The molecule has 0 aliphatic carbocycles. The van der Waals surface area contributed by atoms with Crippen molar-refractivity contribution in [3.63, 3.8) is 0 Å². The number of fused-ring (bicyclic) bond motifs is 1. The van der Waals surface area contributed by atoms with Crippen LogP contribution in [0.4, 0.5) is 0 Å². The van der Waals surface area contributed by atoms with Crippen molar-refractivity contribution in [2.45, 2.75) is 32.9 Å². The van der Waals surface area contributed by atoms with Crippen molar-refractivity contribution in [3.8, 4) is 0 Å². The van der Waals surface area contributed by atoms with Gasteiger partial charge in [0.2, 0.25) is 0 Å². The van der Waals surface area contributed by atoms with Gasteiger partial charge in [-0.1, -0.05) is 17.7 Å². The summed E-state index contributed by atoms with van der Waals surface area (Å²) < 4.78 is 0. The smallest absolute Gasteiger partial charge is 0.163 e. The molecule has 0 amide bonds. The maximum Gasteiger partial charge on any atom is 0.163 e. The van der Waals surface area contributed by atoms with Crippen LogP contribution in [-0.4, -0.2) is 5.78 Å². The Morgan fingerprint density at radius 2 is 2.06 bits per heavy atom. The maximum absolute atomic E-state index is 11.9. The maximum atomic E-state index is 11.9. The molecule has 0 saturated carbocycles. The molecule has 1 aromatic carbocycles. The SMILES string of the molecule is C=C(C)CCC(=O)c1ccc2c(c1)CNC2. The van der Waals surface area contributed by atoms with E-state index >= 15 is 0 Å². The zero-order valence-corrected chi connectivity index (χ0v) is 9.68. The summed E-state index contributed by atoms with van der Waals surface area (Å²) in [6.07, 6.45) is 1.36. The minimum atomic E-state index is 0.220. The zero-order chi connectivity index (χ0) is 11.5. The molecule has 0 atom stereocenters. The molecular formula is C14H17NO. The first-order valence-corrected chi connectivity index (χ1v) is 5.67. The van der Waals surface area contributed by atoms with Crippen molar-refractivity contribution in [2.75, 3.05) is 0 Å².